The largest absolute Gasteiger partial charge is 0.369 e. The van der Waals surface area contributed by atoms with E-state index in [1.165, 1.54) is 24.9 Å². The predicted octanol–water partition coefficient (Wildman–Crippen LogP) is 2.99. The van der Waals surface area contributed by atoms with Gasteiger partial charge < -0.3 is 10.2 Å². The lowest BCUT2D eigenvalue weighted by molar-refractivity contribution is -0.125. The number of anilines is 1. The summed E-state index contributed by atoms with van der Waals surface area (Å²) >= 11 is 0. The summed E-state index contributed by atoms with van der Waals surface area (Å²) in [5, 5.41) is 5.89. The highest BCUT2D eigenvalue weighted by Crippen LogP contribution is 2.55. The lowest BCUT2D eigenvalue weighted by Crippen LogP contribution is -2.63. The molecule has 5 fully saturated rings. The minimum atomic E-state index is -0.301. The van der Waals surface area contributed by atoms with Crippen molar-refractivity contribution in [1.29, 1.82) is 0 Å². The van der Waals surface area contributed by atoms with Crippen molar-refractivity contribution in [2.75, 3.05) is 31.1 Å². The molecule has 0 spiro atoms. The molecule has 1 heterocycles. The molecule has 4 bridgehead atoms. The van der Waals surface area contributed by atoms with Gasteiger partial charge in [-0.15, -0.1) is 0 Å². The van der Waals surface area contributed by atoms with Gasteiger partial charge in [0, 0.05) is 37.4 Å². The number of hydrogen-bond acceptors (Lipinski definition) is 4. The number of nitrogens with zero attached hydrogens (tertiary/aromatic N) is 2. The molecule has 30 heavy (non-hydrogen) atoms. The molecule has 6 nitrogen and oxygen atoms in total. The zero-order valence-electron chi connectivity index (χ0n) is 18.0. The fourth-order valence-electron chi connectivity index (χ4n) is 6.92. The maximum absolute atomic E-state index is 12.8. The highest BCUT2D eigenvalue weighted by Gasteiger charge is 2.51. The Morgan fingerprint density at radius 2 is 1.50 bits per heavy atom. The van der Waals surface area contributed by atoms with Crippen molar-refractivity contribution in [3.63, 3.8) is 0 Å². The second-order valence-corrected chi connectivity index (χ2v) is 10.2. The molecule has 1 aromatic carbocycles. The maximum Gasteiger partial charge on any atom is 0.321 e. The number of hydrogen-bond donors (Lipinski definition) is 2. The van der Waals surface area contributed by atoms with Gasteiger partial charge in [0.05, 0.1) is 6.04 Å². The summed E-state index contributed by atoms with van der Waals surface area (Å²) in [6.07, 6.45) is 7.31. The quantitative estimate of drug-likeness (QED) is 0.801. The van der Waals surface area contributed by atoms with E-state index in [0.29, 0.717) is 0 Å². The van der Waals surface area contributed by atoms with Gasteiger partial charge in [-0.05, 0) is 75.3 Å². The molecule has 1 aromatic rings. The summed E-state index contributed by atoms with van der Waals surface area (Å²) in [4.78, 5) is 30.0. The number of urea groups is 1. The maximum atomic E-state index is 12.8. The van der Waals surface area contributed by atoms with Gasteiger partial charge in [-0.25, -0.2) is 4.79 Å². The van der Waals surface area contributed by atoms with Crippen LogP contribution in [0.1, 0.15) is 45.4 Å². The Bertz CT molecular complexity index is 752. The third kappa shape index (κ3) is 3.94. The fraction of sp³-hybridized carbons (Fsp3) is 0.667. The molecule has 6 heteroatoms. The Kier molecular flexibility index (Phi) is 5.21. The van der Waals surface area contributed by atoms with Crippen molar-refractivity contribution in [2.24, 2.45) is 17.8 Å². The van der Waals surface area contributed by atoms with Crippen LogP contribution in [-0.4, -0.2) is 54.6 Å². The first kappa shape index (κ1) is 19.9. The van der Waals surface area contributed by atoms with E-state index in [1.807, 2.05) is 13.0 Å². The van der Waals surface area contributed by atoms with Crippen molar-refractivity contribution in [1.82, 2.24) is 15.5 Å². The van der Waals surface area contributed by atoms with Gasteiger partial charge in [0.15, 0.2) is 0 Å². The molecule has 5 aliphatic rings. The van der Waals surface area contributed by atoms with Crippen molar-refractivity contribution in [2.45, 2.75) is 57.0 Å². The second-order valence-electron chi connectivity index (χ2n) is 10.2. The van der Waals surface area contributed by atoms with Gasteiger partial charge in [0.25, 0.3) is 0 Å². The zero-order valence-corrected chi connectivity index (χ0v) is 18.0. The number of benzene rings is 1. The SMILES string of the molecule is CC(C(=O)NC(=O)NC12CC3CC(CC(C3)C1)C2)N1CCN(c2ccccc2)CC1. The zero-order chi connectivity index (χ0) is 20.7. The Balaban J connectivity index is 1.12. The Morgan fingerprint density at radius 1 is 0.933 bits per heavy atom. The van der Waals surface area contributed by atoms with Crippen LogP contribution in [-0.2, 0) is 4.79 Å². The third-order valence-electron chi connectivity index (χ3n) is 8.02. The van der Waals surface area contributed by atoms with E-state index in [0.717, 1.165) is 63.2 Å². The van der Waals surface area contributed by atoms with Gasteiger partial charge in [0.2, 0.25) is 5.91 Å². The van der Waals surface area contributed by atoms with Crippen LogP contribution in [0.15, 0.2) is 30.3 Å². The Labute approximate surface area is 179 Å². The summed E-state index contributed by atoms with van der Waals surface area (Å²) in [6, 6.07) is 9.80. The highest BCUT2D eigenvalue weighted by molar-refractivity contribution is 5.97. The summed E-state index contributed by atoms with van der Waals surface area (Å²) in [5.41, 5.74) is 1.16. The van der Waals surface area contributed by atoms with E-state index in [-0.39, 0.29) is 23.5 Å². The van der Waals surface area contributed by atoms with Crippen molar-refractivity contribution < 1.29 is 9.59 Å². The monoisotopic (exact) mass is 410 g/mol. The van der Waals surface area contributed by atoms with E-state index < -0.39 is 0 Å². The van der Waals surface area contributed by atoms with Crippen LogP contribution in [0, 0.1) is 17.8 Å². The lowest BCUT2D eigenvalue weighted by atomic mass is 9.53. The molecule has 4 saturated carbocycles. The van der Waals surface area contributed by atoms with Gasteiger partial charge in [-0.1, -0.05) is 18.2 Å². The molecule has 4 aliphatic carbocycles. The van der Waals surface area contributed by atoms with E-state index in [9.17, 15) is 9.59 Å². The van der Waals surface area contributed by atoms with Crippen LogP contribution in [0.25, 0.3) is 0 Å². The number of nitrogens with one attached hydrogen (secondary N) is 2. The van der Waals surface area contributed by atoms with E-state index in [1.54, 1.807) is 0 Å². The predicted molar refractivity (Wildman–Crippen MR) is 117 cm³/mol. The molecule has 1 atom stereocenters. The number of imide groups is 1. The summed E-state index contributed by atoms with van der Waals surface area (Å²) in [5.74, 6) is 2.12. The van der Waals surface area contributed by atoms with Crippen LogP contribution < -0.4 is 15.5 Å². The Morgan fingerprint density at radius 3 is 2.07 bits per heavy atom. The summed E-state index contributed by atoms with van der Waals surface area (Å²) in [6.45, 7) is 5.33. The topological polar surface area (TPSA) is 64.7 Å². The van der Waals surface area contributed by atoms with Crippen LogP contribution in [0.5, 0.6) is 0 Å². The van der Waals surface area contributed by atoms with Crippen molar-refractivity contribution in [3.8, 4) is 0 Å². The molecule has 2 N–H and O–H groups in total. The van der Waals surface area contributed by atoms with Crippen molar-refractivity contribution in [3.05, 3.63) is 30.3 Å². The molecule has 1 aliphatic heterocycles. The average Bonchev–Trinajstić information content (AvgIpc) is 2.72. The average molecular weight is 411 g/mol. The standard InChI is InChI=1S/C24H34N4O2/c1-17(27-7-9-28(10-8-27)21-5-3-2-4-6-21)22(29)25-23(30)26-24-14-18-11-19(15-24)13-20(12-18)16-24/h2-6,17-20H,7-16H2,1H3,(H2,25,26,29,30). The van der Waals surface area contributed by atoms with Crippen LogP contribution in [0.4, 0.5) is 10.5 Å². The first-order valence-corrected chi connectivity index (χ1v) is 11.7. The molecule has 0 radical (unpaired) electrons. The second kappa shape index (κ2) is 7.88. The number of carbonyl (C=O) groups excluding carboxylic acids is 2. The summed E-state index contributed by atoms with van der Waals surface area (Å²) in [7, 11) is 0. The van der Waals surface area contributed by atoms with Gasteiger partial charge >= 0.3 is 6.03 Å². The fourth-order valence-corrected chi connectivity index (χ4v) is 6.92. The van der Waals surface area contributed by atoms with Crippen LogP contribution in [0.3, 0.4) is 0 Å². The van der Waals surface area contributed by atoms with Crippen molar-refractivity contribution >= 4 is 17.6 Å². The van der Waals surface area contributed by atoms with E-state index >= 15 is 0 Å². The highest BCUT2D eigenvalue weighted by atomic mass is 16.2. The Hall–Kier alpha value is -2.08. The number of carbonyl (C=O) groups is 2. The first-order chi connectivity index (χ1) is 14.5. The third-order valence-corrected chi connectivity index (χ3v) is 8.02. The molecule has 3 amide bonds. The first-order valence-electron chi connectivity index (χ1n) is 11.7. The molecule has 0 aromatic heterocycles. The van der Waals surface area contributed by atoms with E-state index in [2.05, 4.69) is 44.7 Å². The van der Waals surface area contributed by atoms with Crippen LogP contribution in [0.2, 0.25) is 0 Å². The molecular weight excluding hydrogens is 376 g/mol. The summed E-state index contributed by atoms with van der Waals surface area (Å²) < 4.78 is 0. The molecule has 6 rings (SSSR count). The smallest absolute Gasteiger partial charge is 0.321 e. The molecule has 162 valence electrons. The van der Waals surface area contributed by atoms with Gasteiger partial charge in [0.1, 0.15) is 0 Å². The van der Waals surface area contributed by atoms with Crippen LogP contribution >= 0.6 is 0 Å². The lowest BCUT2D eigenvalue weighted by Gasteiger charge is -2.56. The van der Waals surface area contributed by atoms with Gasteiger partial charge in [-0.2, -0.15) is 0 Å². The van der Waals surface area contributed by atoms with E-state index in [4.69, 9.17) is 0 Å². The normalized spacial score (nSPS) is 33.9. The molecular formula is C24H34N4O2. The minimum absolute atomic E-state index is 0.0658. The number of rotatable bonds is 4. The molecule has 1 saturated heterocycles. The minimum Gasteiger partial charge on any atom is -0.369 e. The number of para-hydroxylation sites is 1. The number of piperazine rings is 1. The number of amides is 3. The van der Waals surface area contributed by atoms with Gasteiger partial charge in [-0.3, -0.25) is 15.0 Å². The molecule has 1 unspecified atom stereocenters.